The summed E-state index contributed by atoms with van der Waals surface area (Å²) >= 11 is 1.73. The third kappa shape index (κ3) is 4.26. The number of amides is 2. The number of rotatable bonds is 4. The fraction of sp³-hybridized carbons (Fsp3) is 0.688. The molecule has 2 amide bonds. The molecule has 1 saturated heterocycles. The molecule has 0 saturated carbocycles. The quantitative estimate of drug-likeness (QED) is 0.899. The number of carbonyl (C=O) groups excluding carboxylic acids is 1. The van der Waals surface area contributed by atoms with E-state index in [1.54, 1.807) is 23.2 Å². The van der Waals surface area contributed by atoms with E-state index in [-0.39, 0.29) is 23.1 Å². The summed E-state index contributed by atoms with van der Waals surface area (Å²) in [6, 6.07) is 1.98. The highest BCUT2D eigenvalue weighted by Gasteiger charge is 2.30. The topological polar surface area (TPSA) is 66.5 Å². The van der Waals surface area contributed by atoms with Crippen molar-refractivity contribution in [3.05, 3.63) is 21.4 Å². The van der Waals surface area contributed by atoms with Crippen molar-refractivity contribution in [3.63, 3.8) is 0 Å². The van der Waals surface area contributed by atoms with E-state index in [1.807, 2.05) is 6.92 Å². The fourth-order valence-electron chi connectivity index (χ4n) is 3.09. The minimum Gasteiger partial charge on any atom is -0.331 e. The number of thiophene rings is 1. The Morgan fingerprint density at radius 3 is 2.48 bits per heavy atom. The summed E-state index contributed by atoms with van der Waals surface area (Å²) in [7, 11) is -3.00. The number of aryl methyl sites for hydroxylation is 2. The number of sulfone groups is 1. The lowest BCUT2D eigenvalue weighted by atomic mass is 10.1. The van der Waals surface area contributed by atoms with Gasteiger partial charge in [-0.2, -0.15) is 0 Å². The van der Waals surface area contributed by atoms with Gasteiger partial charge in [0.2, 0.25) is 0 Å². The van der Waals surface area contributed by atoms with Gasteiger partial charge in [0.05, 0.1) is 11.3 Å². The van der Waals surface area contributed by atoms with Crippen molar-refractivity contribution in [2.75, 3.05) is 18.8 Å². The third-order valence-electron chi connectivity index (χ3n) is 4.53. The van der Waals surface area contributed by atoms with Gasteiger partial charge in [0.25, 0.3) is 0 Å². The molecular weight excluding hydrogens is 332 g/mol. The number of carbonyl (C=O) groups is 1. The maximum atomic E-state index is 12.4. The van der Waals surface area contributed by atoms with Gasteiger partial charge in [0.1, 0.15) is 0 Å². The van der Waals surface area contributed by atoms with Crippen LogP contribution in [0.3, 0.4) is 0 Å². The van der Waals surface area contributed by atoms with Crippen LogP contribution in [0.4, 0.5) is 4.79 Å². The molecule has 0 bridgehead atoms. The average Bonchev–Trinajstić information content (AvgIpc) is 2.86. The molecule has 2 rings (SSSR count). The van der Waals surface area contributed by atoms with Crippen LogP contribution in [0.1, 0.15) is 48.0 Å². The number of likely N-dealkylation sites (tertiary alicyclic amines) is 1. The van der Waals surface area contributed by atoms with E-state index in [9.17, 15) is 13.2 Å². The van der Waals surface area contributed by atoms with Gasteiger partial charge in [-0.25, -0.2) is 13.2 Å². The van der Waals surface area contributed by atoms with Crippen molar-refractivity contribution in [2.45, 2.75) is 51.8 Å². The molecule has 2 heterocycles. The molecule has 130 valence electrons. The number of nitrogens with one attached hydrogen (secondary N) is 1. The minimum absolute atomic E-state index is 0.0375. The van der Waals surface area contributed by atoms with Crippen LogP contribution in [0.15, 0.2) is 6.07 Å². The smallest absolute Gasteiger partial charge is 0.317 e. The molecule has 1 N–H and O–H groups in total. The molecule has 7 heteroatoms. The summed E-state index contributed by atoms with van der Waals surface area (Å²) in [6.07, 6.45) is 1.07. The Hall–Kier alpha value is -1.08. The van der Waals surface area contributed by atoms with Gasteiger partial charge in [-0.1, -0.05) is 6.92 Å². The first kappa shape index (κ1) is 18.3. The highest BCUT2D eigenvalue weighted by Crippen LogP contribution is 2.26. The molecule has 1 aliphatic rings. The van der Waals surface area contributed by atoms with Crippen molar-refractivity contribution < 1.29 is 13.2 Å². The Morgan fingerprint density at radius 2 is 2.00 bits per heavy atom. The molecule has 0 radical (unpaired) electrons. The normalized spacial score (nSPS) is 18.0. The third-order valence-corrected chi connectivity index (χ3v) is 7.80. The second kappa shape index (κ2) is 7.21. The molecule has 0 aliphatic carbocycles. The van der Waals surface area contributed by atoms with Gasteiger partial charge >= 0.3 is 6.03 Å². The Balaban J connectivity index is 1.92. The van der Waals surface area contributed by atoms with Crippen LogP contribution >= 0.6 is 11.3 Å². The lowest BCUT2D eigenvalue weighted by Gasteiger charge is -2.32. The molecule has 1 atom stereocenters. The van der Waals surface area contributed by atoms with Crippen LogP contribution in [-0.2, 0) is 9.84 Å². The van der Waals surface area contributed by atoms with Gasteiger partial charge in [0, 0.05) is 28.6 Å². The zero-order chi connectivity index (χ0) is 17.2. The molecule has 0 spiro atoms. The summed E-state index contributed by atoms with van der Waals surface area (Å²) in [5.74, 6) is 0.178. The van der Waals surface area contributed by atoms with Crippen molar-refractivity contribution >= 4 is 27.2 Å². The highest BCUT2D eigenvalue weighted by atomic mass is 32.2. The van der Waals surface area contributed by atoms with Gasteiger partial charge in [-0.05, 0) is 45.2 Å². The van der Waals surface area contributed by atoms with Crippen LogP contribution in [0.5, 0.6) is 0 Å². The zero-order valence-electron chi connectivity index (χ0n) is 14.3. The molecule has 0 aromatic carbocycles. The predicted molar refractivity (Wildman–Crippen MR) is 94.8 cm³/mol. The molecular formula is C16H26N2O3S2. The van der Waals surface area contributed by atoms with E-state index < -0.39 is 9.84 Å². The summed E-state index contributed by atoms with van der Waals surface area (Å²) in [5, 5.41) is 2.74. The van der Waals surface area contributed by atoms with Gasteiger partial charge in [-0.15, -0.1) is 11.3 Å². The predicted octanol–water partition coefficient (Wildman–Crippen LogP) is 3.03. The number of nitrogens with zero attached hydrogens (tertiary/aromatic N) is 1. The maximum Gasteiger partial charge on any atom is 0.317 e. The van der Waals surface area contributed by atoms with Crippen LogP contribution in [0.25, 0.3) is 0 Å². The van der Waals surface area contributed by atoms with Crippen molar-refractivity contribution in [3.8, 4) is 0 Å². The Bertz CT molecular complexity index is 659. The number of hydrogen-bond acceptors (Lipinski definition) is 4. The number of urea groups is 1. The molecule has 1 fully saturated rings. The summed E-state index contributed by atoms with van der Waals surface area (Å²) in [5.41, 5.74) is 1.16. The first-order chi connectivity index (χ1) is 10.7. The molecule has 5 nitrogen and oxygen atoms in total. The summed E-state index contributed by atoms with van der Waals surface area (Å²) < 4.78 is 23.8. The Kier molecular flexibility index (Phi) is 5.73. The van der Waals surface area contributed by atoms with E-state index >= 15 is 0 Å². The van der Waals surface area contributed by atoms with E-state index in [1.165, 1.54) is 9.75 Å². The van der Waals surface area contributed by atoms with E-state index in [0.717, 1.165) is 5.56 Å². The van der Waals surface area contributed by atoms with Gasteiger partial charge in [-0.3, -0.25) is 0 Å². The zero-order valence-corrected chi connectivity index (χ0v) is 15.9. The SMILES string of the molecule is CCS(=O)(=O)C1CCN(C(=O)NC(C)c2cc(C)sc2C)CC1. The van der Waals surface area contributed by atoms with Crippen LogP contribution in [-0.4, -0.2) is 43.4 Å². The second-order valence-corrected chi connectivity index (χ2v) is 10.2. The first-order valence-corrected chi connectivity index (χ1v) is 10.6. The average molecular weight is 359 g/mol. The van der Waals surface area contributed by atoms with Crippen molar-refractivity contribution in [1.82, 2.24) is 10.2 Å². The maximum absolute atomic E-state index is 12.4. The van der Waals surface area contributed by atoms with Gasteiger partial charge in [0.15, 0.2) is 9.84 Å². The molecule has 1 aliphatic heterocycles. The monoisotopic (exact) mass is 358 g/mol. The van der Waals surface area contributed by atoms with Crippen molar-refractivity contribution in [2.24, 2.45) is 0 Å². The fourth-order valence-corrected chi connectivity index (χ4v) is 5.51. The summed E-state index contributed by atoms with van der Waals surface area (Å²) in [4.78, 5) is 16.6. The first-order valence-electron chi connectivity index (χ1n) is 8.08. The van der Waals surface area contributed by atoms with Crippen LogP contribution < -0.4 is 5.32 Å². The standard InChI is InChI=1S/C16H26N2O3S2/c1-5-23(20,21)14-6-8-18(9-7-14)16(19)17-12(3)15-10-11(2)22-13(15)4/h10,12,14H,5-9H2,1-4H3,(H,17,19). The lowest BCUT2D eigenvalue weighted by molar-refractivity contribution is 0.183. The number of piperidine rings is 1. The lowest BCUT2D eigenvalue weighted by Crippen LogP contribution is -2.47. The van der Waals surface area contributed by atoms with Crippen LogP contribution in [0.2, 0.25) is 0 Å². The van der Waals surface area contributed by atoms with E-state index in [0.29, 0.717) is 25.9 Å². The largest absolute Gasteiger partial charge is 0.331 e. The van der Waals surface area contributed by atoms with E-state index in [4.69, 9.17) is 0 Å². The molecule has 1 unspecified atom stereocenters. The number of hydrogen-bond donors (Lipinski definition) is 1. The van der Waals surface area contributed by atoms with Gasteiger partial charge < -0.3 is 10.2 Å². The van der Waals surface area contributed by atoms with Crippen LogP contribution in [0, 0.1) is 13.8 Å². The Morgan fingerprint density at radius 1 is 1.39 bits per heavy atom. The molecule has 23 heavy (non-hydrogen) atoms. The van der Waals surface area contributed by atoms with Crippen molar-refractivity contribution in [1.29, 1.82) is 0 Å². The summed E-state index contributed by atoms with van der Waals surface area (Å²) in [6.45, 7) is 8.81. The molecule has 1 aromatic heterocycles. The Labute approximate surface area is 143 Å². The molecule has 1 aromatic rings. The highest BCUT2D eigenvalue weighted by molar-refractivity contribution is 7.92. The minimum atomic E-state index is -3.00. The van der Waals surface area contributed by atoms with E-state index in [2.05, 4.69) is 25.2 Å². The second-order valence-electron chi connectivity index (χ2n) is 6.18.